The van der Waals surface area contributed by atoms with Crippen LogP contribution in [0.4, 0.5) is 0 Å². The Morgan fingerprint density at radius 1 is 1.23 bits per heavy atom. The van der Waals surface area contributed by atoms with E-state index < -0.39 is 12.0 Å². The van der Waals surface area contributed by atoms with Gasteiger partial charge in [0.2, 0.25) is 11.8 Å². The number of nitrogens with zero attached hydrogens (tertiary/aromatic N) is 3. The topological polar surface area (TPSA) is 88.7 Å². The number of rotatable bonds is 8. The van der Waals surface area contributed by atoms with Crippen molar-refractivity contribution in [1.29, 1.82) is 0 Å². The Morgan fingerprint density at radius 2 is 1.81 bits per heavy atom. The molecule has 7 heteroatoms. The highest BCUT2D eigenvalue weighted by molar-refractivity contribution is 5.76. The number of benzene rings is 1. The predicted molar refractivity (Wildman–Crippen MR) is 97.2 cm³/mol. The quantitative estimate of drug-likeness (QED) is 0.771. The summed E-state index contributed by atoms with van der Waals surface area (Å²) in [6.45, 7) is 9.94. The first-order chi connectivity index (χ1) is 12.3. The molecule has 7 nitrogen and oxygen atoms in total. The minimum atomic E-state index is -0.919. The maximum Gasteiger partial charge on any atom is 0.325 e. The van der Waals surface area contributed by atoms with E-state index in [-0.39, 0.29) is 12.6 Å². The van der Waals surface area contributed by atoms with Crippen LogP contribution in [0.3, 0.4) is 0 Å². The van der Waals surface area contributed by atoms with Gasteiger partial charge in [-0.05, 0) is 44.4 Å². The summed E-state index contributed by atoms with van der Waals surface area (Å²) in [5.41, 5.74) is 2.52. The van der Waals surface area contributed by atoms with Gasteiger partial charge in [0, 0.05) is 12.5 Å². The van der Waals surface area contributed by atoms with Crippen molar-refractivity contribution in [3.8, 4) is 5.75 Å². The molecule has 0 bridgehead atoms. The molecule has 0 aliphatic carbocycles. The van der Waals surface area contributed by atoms with E-state index in [1.807, 2.05) is 51.7 Å². The van der Waals surface area contributed by atoms with Gasteiger partial charge >= 0.3 is 5.97 Å². The zero-order valence-corrected chi connectivity index (χ0v) is 16.2. The number of carbonyl (C=O) groups is 1. The van der Waals surface area contributed by atoms with Crippen LogP contribution < -0.4 is 4.74 Å². The molecule has 1 unspecified atom stereocenters. The molecule has 0 aliphatic rings. The van der Waals surface area contributed by atoms with E-state index in [1.165, 1.54) is 0 Å². The summed E-state index contributed by atoms with van der Waals surface area (Å²) in [5.74, 6) is 0.826. The van der Waals surface area contributed by atoms with Crippen molar-refractivity contribution in [1.82, 2.24) is 15.1 Å². The third-order valence-electron chi connectivity index (χ3n) is 4.36. The monoisotopic (exact) mass is 361 g/mol. The molecule has 26 heavy (non-hydrogen) atoms. The number of aliphatic carboxylic acids is 1. The van der Waals surface area contributed by atoms with E-state index in [0.29, 0.717) is 23.8 Å². The van der Waals surface area contributed by atoms with Gasteiger partial charge in [-0.1, -0.05) is 19.1 Å². The third kappa shape index (κ3) is 4.22. The molecule has 0 spiro atoms. The second kappa shape index (κ2) is 8.31. The Morgan fingerprint density at radius 3 is 2.23 bits per heavy atom. The summed E-state index contributed by atoms with van der Waals surface area (Å²) in [4.78, 5) is 14.0. The maximum absolute atomic E-state index is 12.1. The first-order valence-electron chi connectivity index (χ1n) is 8.73. The van der Waals surface area contributed by atoms with Crippen LogP contribution >= 0.6 is 0 Å². The van der Waals surface area contributed by atoms with Crippen molar-refractivity contribution in [3.63, 3.8) is 0 Å². The third-order valence-corrected chi connectivity index (χ3v) is 4.36. The molecule has 2 aromatic rings. The van der Waals surface area contributed by atoms with Crippen LogP contribution in [0.2, 0.25) is 0 Å². The van der Waals surface area contributed by atoms with Crippen LogP contribution in [-0.4, -0.2) is 39.3 Å². The first kappa shape index (κ1) is 19.9. The van der Waals surface area contributed by atoms with Crippen LogP contribution in [0.15, 0.2) is 16.5 Å². The summed E-state index contributed by atoms with van der Waals surface area (Å²) >= 11 is 0. The number of methoxy groups -OCH3 is 1. The van der Waals surface area contributed by atoms with Crippen LogP contribution in [0.25, 0.3) is 0 Å². The van der Waals surface area contributed by atoms with Crippen molar-refractivity contribution in [2.75, 3.05) is 7.11 Å². The van der Waals surface area contributed by atoms with Gasteiger partial charge in [-0.25, -0.2) is 0 Å². The number of aryl methyl sites for hydroxylation is 3. The van der Waals surface area contributed by atoms with Crippen LogP contribution in [0.1, 0.15) is 55.3 Å². The molecule has 0 radical (unpaired) electrons. The first-order valence-corrected chi connectivity index (χ1v) is 8.73. The van der Waals surface area contributed by atoms with Crippen molar-refractivity contribution in [2.45, 2.75) is 59.7 Å². The van der Waals surface area contributed by atoms with Crippen LogP contribution in [-0.2, 0) is 17.8 Å². The number of hydrogen-bond donors (Lipinski definition) is 1. The minimum Gasteiger partial charge on any atom is -0.496 e. The molecule has 0 amide bonds. The fourth-order valence-electron chi connectivity index (χ4n) is 3.16. The highest BCUT2D eigenvalue weighted by atomic mass is 16.5. The molecule has 1 atom stereocenters. The lowest BCUT2D eigenvalue weighted by Gasteiger charge is -2.32. The zero-order chi connectivity index (χ0) is 19.4. The summed E-state index contributed by atoms with van der Waals surface area (Å²) in [5, 5.41) is 17.9. The molecule has 1 aromatic carbocycles. The number of ether oxygens (including phenoxy) is 1. The Hall–Kier alpha value is -2.41. The average molecular weight is 361 g/mol. The molecule has 0 saturated carbocycles. The standard InChI is InChI=1S/C19H27N3O4/c1-7-15-20-21-16(26-15)10-22(11(2)3)17(19(23)24)14-8-12(4)18(25-6)13(5)9-14/h8-9,11,17H,7,10H2,1-6H3,(H,23,24). The summed E-state index contributed by atoms with van der Waals surface area (Å²) < 4.78 is 11.0. The largest absolute Gasteiger partial charge is 0.496 e. The van der Waals surface area contributed by atoms with E-state index in [0.717, 1.165) is 16.9 Å². The number of carboxylic acid groups (broad SMARTS) is 1. The van der Waals surface area contributed by atoms with Crippen molar-refractivity contribution < 1.29 is 19.1 Å². The second-order valence-corrected chi connectivity index (χ2v) is 6.64. The van der Waals surface area contributed by atoms with Gasteiger partial charge in [0.05, 0.1) is 13.7 Å². The fraction of sp³-hybridized carbons (Fsp3) is 0.526. The smallest absolute Gasteiger partial charge is 0.325 e. The van der Waals surface area contributed by atoms with E-state index in [4.69, 9.17) is 9.15 Å². The van der Waals surface area contributed by atoms with Crippen LogP contribution in [0, 0.1) is 13.8 Å². The highest BCUT2D eigenvalue weighted by Gasteiger charge is 2.31. The lowest BCUT2D eigenvalue weighted by Crippen LogP contribution is -2.38. The Kier molecular flexibility index (Phi) is 6.37. The van der Waals surface area contributed by atoms with Crippen molar-refractivity contribution in [2.24, 2.45) is 0 Å². The van der Waals surface area contributed by atoms with E-state index in [2.05, 4.69) is 10.2 Å². The maximum atomic E-state index is 12.1. The molecule has 2 rings (SSSR count). The van der Waals surface area contributed by atoms with Gasteiger partial charge in [-0.2, -0.15) is 0 Å². The van der Waals surface area contributed by atoms with Gasteiger partial charge in [0.1, 0.15) is 11.8 Å². The molecule has 0 fully saturated rings. The minimum absolute atomic E-state index is 0.0317. The predicted octanol–water partition coefficient (Wildman–Crippen LogP) is 3.29. The molecular formula is C19H27N3O4. The molecule has 0 saturated heterocycles. The molecule has 1 N–H and O–H groups in total. The molecule has 142 valence electrons. The number of carboxylic acids is 1. The number of aromatic nitrogens is 2. The second-order valence-electron chi connectivity index (χ2n) is 6.64. The SMILES string of the molecule is CCc1nnc(CN(C(C)C)C(C(=O)O)c2cc(C)c(OC)c(C)c2)o1. The van der Waals surface area contributed by atoms with Crippen LogP contribution in [0.5, 0.6) is 5.75 Å². The molecular weight excluding hydrogens is 334 g/mol. The van der Waals surface area contributed by atoms with E-state index in [1.54, 1.807) is 7.11 Å². The molecule has 1 heterocycles. The molecule has 0 aliphatic heterocycles. The summed E-state index contributed by atoms with van der Waals surface area (Å²) in [6, 6.07) is 2.88. The Bertz CT molecular complexity index is 747. The highest BCUT2D eigenvalue weighted by Crippen LogP contribution is 2.31. The molecule has 1 aromatic heterocycles. The Balaban J connectivity index is 2.43. The summed E-state index contributed by atoms with van der Waals surface area (Å²) in [7, 11) is 1.62. The Labute approximate surface area is 154 Å². The van der Waals surface area contributed by atoms with E-state index in [9.17, 15) is 9.90 Å². The summed E-state index contributed by atoms with van der Waals surface area (Å²) in [6.07, 6.45) is 0.647. The van der Waals surface area contributed by atoms with Gasteiger partial charge < -0.3 is 14.3 Å². The van der Waals surface area contributed by atoms with Gasteiger partial charge in [-0.15, -0.1) is 10.2 Å². The van der Waals surface area contributed by atoms with Gasteiger partial charge in [0.25, 0.3) is 0 Å². The average Bonchev–Trinajstić information content (AvgIpc) is 3.01. The van der Waals surface area contributed by atoms with E-state index >= 15 is 0 Å². The lowest BCUT2D eigenvalue weighted by atomic mass is 9.98. The number of hydrogen-bond acceptors (Lipinski definition) is 6. The van der Waals surface area contributed by atoms with Crippen molar-refractivity contribution >= 4 is 5.97 Å². The van der Waals surface area contributed by atoms with Gasteiger partial charge in [-0.3, -0.25) is 9.69 Å². The van der Waals surface area contributed by atoms with Gasteiger partial charge in [0.15, 0.2) is 0 Å². The fourth-order valence-corrected chi connectivity index (χ4v) is 3.16. The zero-order valence-electron chi connectivity index (χ0n) is 16.2. The lowest BCUT2D eigenvalue weighted by molar-refractivity contribution is -0.145. The normalized spacial score (nSPS) is 12.6. The van der Waals surface area contributed by atoms with Crippen molar-refractivity contribution in [3.05, 3.63) is 40.6 Å².